The van der Waals surface area contributed by atoms with Gasteiger partial charge < -0.3 is 25.6 Å². The number of nitrogens with one attached hydrogen (secondary N) is 3. The molecule has 3 fully saturated rings. The second kappa shape index (κ2) is 12.1. The van der Waals surface area contributed by atoms with Crippen LogP contribution >= 0.6 is 0 Å². The molecule has 0 unspecified atom stereocenters. The molecule has 1 saturated heterocycles. The van der Waals surface area contributed by atoms with Crippen molar-refractivity contribution in [3.05, 3.63) is 47.5 Å². The van der Waals surface area contributed by atoms with E-state index in [1.54, 1.807) is 10.7 Å². The van der Waals surface area contributed by atoms with Crippen molar-refractivity contribution in [2.75, 3.05) is 25.6 Å². The second-order valence-corrected chi connectivity index (χ2v) is 11.9. The maximum Gasteiger partial charge on any atom is 0.410 e. The highest BCUT2D eigenvalue weighted by Gasteiger charge is 2.50. The summed E-state index contributed by atoms with van der Waals surface area (Å²) in [5.41, 5.74) is 0.369. The molecule has 1 aromatic heterocycles. The third-order valence-corrected chi connectivity index (χ3v) is 8.35. The van der Waals surface area contributed by atoms with Gasteiger partial charge in [0.05, 0.1) is 24.9 Å². The lowest BCUT2D eigenvalue weighted by Crippen LogP contribution is -2.50. The molecule has 1 aliphatic heterocycles. The lowest BCUT2D eigenvalue weighted by atomic mass is 9.88. The van der Waals surface area contributed by atoms with Crippen LogP contribution in [0.15, 0.2) is 30.5 Å². The van der Waals surface area contributed by atoms with Gasteiger partial charge in [-0.1, -0.05) is 6.07 Å². The van der Waals surface area contributed by atoms with Crippen molar-refractivity contribution in [2.24, 2.45) is 17.8 Å². The molecule has 2 saturated carbocycles. The quantitative estimate of drug-likeness (QED) is 0.309. The molecule has 2 aliphatic carbocycles. The first-order chi connectivity index (χ1) is 20.4. The molecule has 14 heteroatoms. The smallest absolute Gasteiger partial charge is 0.382 e. The first kappa shape index (κ1) is 30.8. The zero-order valence-electron chi connectivity index (χ0n) is 24.2. The molecule has 234 valence electrons. The van der Waals surface area contributed by atoms with Gasteiger partial charge in [0.1, 0.15) is 23.6 Å². The summed E-state index contributed by atoms with van der Waals surface area (Å²) < 4.78 is 61.9. The Hall–Kier alpha value is -3.68. The Morgan fingerprint density at radius 3 is 2.35 bits per heavy atom. The molecule has 1 aromatic carbocycles. The summed E-state index contributed by atoms with van der Waals surface area (Å²) >= 11 is 0. The number of halogens is 4. The molecule has 0 spiro atoms. The normalized spacial score (nSPS) is 20.3. The number of benzene rings is 1. The van der Waals surface area contributed by atoms with Crippen molar-refractivity contribution in [1.82, 2.24) is 25.3 Å². The summed E-state index contributed by atoms with van der Waals surface area (Å²) in [6.07, 6.45) is 0.691. The number of rotatable bonds is 12. The van der Waals surface area contributed by atoms with E-state index in [0.717, 1.165) is 36.6 Å². The van der Waals surface area contributed by atoms with Gasteiger partial charge >= 0.3 is 12.2 Å². The fourth-order valence-corrected chi connectivity index (χ4v) is 5.93. The van der Waals surface area contributed by atoms with Crippen LogP contribution in [0.5, 0.6) is 0 Å². The maximum absolute atomic E-state index is 15.4. The van der Waals surface area contributed by atoms with Crippen molar-refractivity contribution in [3.8, 4) is 0 Å². The first-order valence-electron chi connectivity index (χ1n) is 14.5. The molecule has 3 aliphatic rings. The Morgan fingerprint density at radius 1 is 1.14 bits per heavy atom. The van der Waals surface area contributed by atoms with E-state index >= 15 is 4.39 Å². The van der Waals surface area contributed by atoms with Crippen molar-refractivity contribution >= 4 is 23.5 Å². The van der Waals surface area contributed by atoms with E-state index in [-0.39, 0.29) is 41.7 Å². The second-order valence-electron chi connectivity index (χ2n) is 11.9. The number of hydrogen-bond acceptors (Lipinski definition) is 5. The van der Waals surface area contributed by atoms with Crippen LogP contribution in [0.25, 0.3) is 0 Å². The van der Waals surface area contributed by atoms with E-state index in [2.05, 4.69) is 15.7 Å². The summed E-state index contributed by atoms with van der Waals surface area (Å²) in [5.74, 6) is -1.36. The van der Waals surface area contributed by atoms with Crippen LogP contribution in [0.3, 0.4) is 0 Å². The third kappa shape index (κ3) is 6.78. The van der Waals surface area contributed by atoms with Gasteiger partial charge in [0.15, 0.2) is 0 Å². The Labute approximate surface area is 246 Å². The van der Waals surface area contributed by atoms with Gasteiger partial charge in [0.25, 0.3) is 5.91 Å². The number of amides is 4. The van der Waals surface area contributed by atoms with E-state index in [1.165, 1.54) is 25.4 Å². The minimum atomic E-state index is -4.64. The number of nitrogens with zero attached hydrogens (tertiary/aromatic N) is 3. The molecular weight excluding hydrogens is 572 g/mol. The number of ether oxygens (including phenoxy) is 1. The fraction of sp³-hybridized carbons (Fsp3) is 0.586. The molecule has 5 rings (SSSR count). The first-order valence-corrected chi connectivity index (χ1v) is 14.5. The molecule has 3 N–H and O–H groups in total. The van der Waals surface area contributed by atoms with Crippen molar-refractivity contribution in [2.45, 2.75) is 69.9 Å². The molecule has 0 bridgehead atoms. The van der Waals surface area contributed by atoms with Crippen LogP contribution in [-0.4, -0.2) is 71.0 Å². The van der Waals surface area contributed by atoms with Crippen LogP contribution in [0.4, 0.5) is 28.0 Å². The van der Waals surface area contributed by atoms with E-state index in [0.29, 0.717) is 5.69 Å². The number of anilines is 1. The monoisotopic (exact) mass is 608 g/mol. The van der Waals surface area contributed by atoms with Crippen LogP contribution in [0.1, 0.15) is 67.7 Å². The standard InChI is InChI=1S/C29H36F4N6O4/c1-15(2)39-21(10-11-34-39)26(40)37-25(24(16-4-5-16)17-6-7-17)27(41)35-20-9-8-18(12-19(20)30)22(14-43-3)38-13-23(29(31,32)33)36-28(38)42/h8-12,15-17,22-25H,4-7,13-14H2,1-3H3,(H,35,41)(H,36,42)(H,37,40)/t22-,23+,25-/m1/s1. The van der Waals surface area contributed by atoms with Gasteiger partial charge in [-0.15, -0.1) is 0 Å². The SMILES string of the molecule is COC[C@H](c1ccc(NC(=O)[C@H](NC(=O)c2ccnn2C(C)C)C(C2CC2)C2CC2)c(F)c1)N1C[C@@H](C(F)(F)F)NC1=O. The molecule has 3 atom stereocenters. The van der Waals surface area contributed by atoms with Gasteiger partial charge in [-0.25, -0.2) is 9.18 Å². The van der Waals surface area contributed by atoms with E-state index in [4.69, 9.17) is 4.74 Å². The Balaban J connectivity index is 1.35. The number of aromatic nitrogens is 2. The predicted octanol–water partition coefficient (Wildman–Crippen LogP) is 4.42. The van der Waals surface area contributed by atoms with Crippen LogP contribution in [0.2, 0.25) is 0 Å². The highest BCUT2D eigenvalue weighted by molar-refractivity contribution is 6.01. The molecule has 2 heterocycles. The summed E-state index contributed by atoms with van der Waals surface area (Å²) in [6.45, 7) is 2.95. The number of carbonyl (C=O) groups is 3. The van der Waals surface area contributed by atoms with Crippen LogP contribution < -0.4 is 16.0 Å². The van der Waals surface area contributed by atoms with E-state index in [9.17, 15) is 27.6 Å². The summed E-state index contributed by atoms with van der Waals surface area (Å²) in [7, 11) is 1.33. The van der Waals surface area contributed by atoms with Gasteiger partial charge in [-0.3, -0.25) is 14.3 Å². The molecular formula is C29H36F4N6O4. The van der Waals surface area contributed by atoms with Gasteiger partial charge in [0.2, 0.25) is 5.91 Å². The molecule has 2 aromatic rings. The topological polar surface area (TPSA) is 118 Å². The zero-order valence-corrected chi connectivity index (χ0v) is 24.2. The average Bonchev–Trinajstić information content (AvgIpc) is 3.87. The summed E-state index contributed by atoms with van der Waals surface area (Å²) in [4.78, 5) is 40.4. The highest BCUT2D eigenvalue weighted by atomic mass is 19.4. The van der Waals surface area contributed by atoms with Gasteiger partial charge in [0, 0.05) is 19.3 Å². The molecule has 43 heavy (non-hydrogen) atoms. The Bertz CT molecular complexity index is 1340. The summed E-state index contributed by atoms with van der Waals surface area (Å²) in [6, 6.07) is 0.416. The maximum atomic E-state index is 15.4. The fourth-order valence-electron chi connectivity index (χ4n) is 5.93. The third-order valence-electron chi connectivity index (χ3n) is 8.35. The Morgan fingerprint density at radius 2 is 1.81 bits per heavy atom. The van der Waals surface area contributed by atoms with E-state index in [1.807, 2.05) is 19.2 Å². The highest BCUT2D eigenvalue weighted by Crippen LogP contribution is 2.51. The number of methoxy groups -OCH3 is 1. The Kier molecular flexibility index (Phi) is 8.68. The number of hydrogen-bond donors (Lipinski definition) is 3. The van der Waals surface area contributed by atoms with Gasteiger partial charge in [-0.05, 0) is 81.0 Å². The predicted molar refractivity (Wildman–Crippen MR) is 148 cm³/mol. The minimum absolute atomic E-state index is 0.0776. The number of carbonyl (C=O) groups excluding carboxylic acids is 3. The number of urea groups is 1. The van der Waals surface area contributed by atoms with Crippen molar-refractivity contribution in [3.63, 3.8) is 0 Å². The van der Waals surface area contributed by atoms with Crippen LogP contribution in [0, 0.1) is 23.6 Å². The number of alkyl halides is 3. The lowest BCUT2D eigenvalue weighted by molar-refractivity contribution is -0.150. The zero-order chi connectivity index (χ0) is 31.1. The van der Waals surface area contributed by atoms with E-state index < -0.39 is 54.5 Å². The average molecular weight is 609 g/mol. The minimum Gasteiger partial charge on any atom is -0.382 e. The van der Waals surface area contributed by atoms with Crippen molar-refractivity contribution < 1.29 is 36.7 Å². The lowest BCUT2D eigenvalue weighted by Gasteiger charge is -2.28. The van der Waals surface area contributed by atoms with Gasteiger partial charge in [-0.2, -0.15) is 18.3 Å². The van der Waals surface area contributed by atoms with Crippen molar-refractivity contribution in [1.29, 1.82) is 0 Å². The largest absolute Gasteiger partial charge is 0.410 e. The molecule has 4 amide bonds. The van der Waals surface area contributed by atoms with Crippen LogP contribution in [-0.2, 0) is 9.53 Å². The molecule has 0 radical (unpaired) electrons. The summed E-state index contributed by atoms with van der Waals surface area (Å²) in [5, 5.41) is 11.6. The molecule has 10 nitrogen and oxygen atoms in total.